The van der Waals surface area contributed by atoms with Gasteiger partial charge in [-0.05, 0) is 25.5 Å². The second kappa shape index (κ2) is 6.83. The SMILES string of the molecule is CCCNc1cccc(N2CCSCC2C)c1[N+](=O)[O-]. The smallest absolute Gasteiger partial charge is 0.315 e. The number of hydrogen-bond donors (Lipinski definition) is 1. The van der Waals surface area contributed by atoms with Gasteiger partial charge in [-0.15, -0.1) is 0 Å². The van der Waals surface area contributed by atoms with Crippen LogP contribution in [-0.4, -0.2) is 35.6 Å². The number of hydrogen-bond acceptors (Lipinski definition) is 5. The van der Waals surface area contributed by atoms with E-state index in [1.54, 1.807) is 6.07 Å². The molecule has 1 heterocycles. The van der Waals surface area contributed by atoms with Gasteiger partial charge in [-0.25, -0.2) is 0 Å². The standard InChI is InChI=1S/C14H21N3O2S/c1-3-7-15-12-5-4-6-13(14(12)17(18)19)16-8-9-20-10-11(16)2/h4-6,11,15H,3,7-10H2,1-2H3. The van der Waals surface area contributed by atoms with Crippen LogP contribution in [0.15, 0.2) is 18.2 Å². The molecule has 0 aliphatic carbocycles. The molecule has 2 rings (SSSR count). The summed E-state index contributed by atoms with van der Waals surface area (Å²) in [6.07, 6.45) is 0.943. The number of benzene rings is 1. The summed E-state index contributed by atoms with van der Waals surface area (Å²) in [5.74, 6) is 2.04. The Morgan fingerprint density at radius 2 is 2.35 bits per heavy atom. The maximum absolute atomic E-state index is 11.5. The van der Waals surface area contributed by atoms with Gasteiger partial charge in [-0.2, -0.15) is 11.8 Å². The summed E-state index contributed by atoms with van der Waals surface area (Å²) in [5, 5.41) is 14.7. The van der Waals surface area contributed by atoms with E-state index in [2.05, 4.69) is 17.1 Å². The van der Waals surface area contributed by atoms with Gasteiger partial charge < -0.3 is 10.2 Å². The van der Waals surface area contributed by atoms with E-state index in [0.29, 0.717) is 11.7 Å². The number of nitrogens with zero attached hydrogens (tertiary/aromatic N) is 2. The minimum atomic E-state index is -0.262. The van der Waals surface area contributed by atoms with Crippen molar-refractivity contribution in [2.24, 2.45) is 0 Å². The number of para-hydroxylation sites is 1. The summed E-state index contributed by atoms with van der Waals surface area (Å²) in [6.45, 7) is 5.79. The highest BCUT2D eigenvalue weighted by atomic mass is 32.2. The Bertz CT molecular complexity index is 481. The lowest BCUT2D eigenvalue weighted by Gasteiger charge is -2.34. The molecule has 0 bridgehead atoms. The highest BCUT2D eigenvalue weighted by molar-refractivity contribution is 7.99. The molecule has 0 spiro atoms. The van der Waals surface area contributed by atoms with Crippen molar-refractivity contribution in [1.82, 2.24) is 0 Å². The quantitative estimate of drug-likeness (QED) is 0.667. The van der Waals surface area contributed by atoms with Crippen molar-refractivity contribution in [2.75, 3.05) is 34.8 Å². The Labute approximate surface area is 123 Å². The molecule has 0 radical (unpaired) electrons. The molecule has 1 unspecified atom stereocenters. The van der Waals surface area contributed by atoms with Crippen molar-refractivity contribution >= 4 is 28.8 Å². The molecule has 0 amide bonds. The minimum Gasteiger partial charge on any atom is -0.379 e. The number of nitro benzene ring substituents is 1. The summed E-state index contributed by atoms with van der Waals surface area (Å²) >= 11 is 1.91. The third kappa shape index (κ3) is 3.17. The van der Waals surface area contributed by atoms with Crippen molar-refractivity contribution in [3.05, 3.63) is 28.3 Å². The van der Waals surface area contributed by atoms with E-state index in [0.717, 1.165) is 36.7 Å². The van der Waals surface area contributed by atoms with Crippen molar-refractivity contribution < 1.29 is 4.92 Å². The van der Waals surface area contributed by atoms with Crippen molar-refractivity contribution in [3.8, 4) is 0 Å². The Morgan fingerprint density at radius 1 is 1.55 bits per heavy atom. The highest BCUT2D eigenvalue weighted by Crippen LogP contribution is 2.37. The predicted octanol–water partition coefficient (Wildman–Crippen LogP) is 3.36. The van der Waals surface area contributed by atoms with E-state index in [4.69, 9.17) is 0 Å². The van der Waals surface area contributed by atoms with Crippen LogP contribution in [0.4, 0.5) is 17.1 Å². The fraction of sp³-hybridized carbons (Fsp3) is 0.571. The van der Waals surface area contributed by atoms with Crippen molar-refractivity contribution in [2.45, 2.75) is 26.3 Å². The fourth-order valence-electron chi connectivity index (χ4n) is 2.44. The Balaban J connectivity index is 2.38. The third-order valence-corrected chi connectivity index (χ3v) is 4.63. The van der Waals surface area contributed by atoms with Crippen LogP contribution >= 0.6 is 11.8 Å². The van der Waals surface area contributed by atoms with Gasteiger partial charge in [0.2, 0.25) is 0 Å². The second-order valence-corrected chi connectivity index (χ2v) is 6.12. The average Bonchev–Trinajstić information content (AvgIpc) is 2.45. The van der Waals surface area contributed by atoms with Gasteiger partial charge in [0, 0.05) is 30.6 Å². The van der Waals surface area contributed by atoms with Gasteiger partial charge in [0.15, 0.2) is 0 Å². The number of anilines is 2. The Morgan fingerprint density at radius 3 is 3.00 bits per heavy atom. The molecule has 1 N–H and O–H groups in total. The van der Waals surface area contributed by atoms with Crippen molar-refractivity contribution in [1.29, 1.82) is 0 Å². The molecule has 110 valence electrons. The topological polar surface area (TPSA) is 58.4 Å². The van der Waals surface area contributed by atoms with Gasteiger partial charge in [0.1, 0.15) is 11.4 Å². The number of thioether (sulfide) groups is 1. The molecule has 0 saturated carbocycles. The molecule has 1 aliphatic rings. The van der Waals surface area contributed by atoms with Gasteiger partial charge >= 0.3 is 5.69 Å². The van der Waals surface area contributed by atoms with Crippen LogP contribution in [0, 0.1) is 10.1 Å². The Kier molecular flexibility index (Phi) is 5.11. The monoisotopic (exact) mass is 295 g/mol. The molecule has 1 aromatic rings. The number of nitrogens with one attached hydrogen (secondary N) is 1. The van der Waals surface area contributed by atoms with Crippen LogP contribution in [0.5, 0.6) is 0 Å². The molecular weight excluding hydrogens is 274 g/mol. The number of nitro groups is 1. The van der Waals surface area contributed by atoms with Crippen LogP contribution < -0.4 is 10.2 Å². The van der Waals surface area contributed by atoms with Crippen LogP contribution in [0.1, 0.15) is 20.3 Å². The van der Waals surface area contributed by atoms with E-state index in [1.165, 1.54) is 0 Å². The molecule has 1 fully saturated rings. The molecule has 6 heteroatoms. The van der Waals surface area contributed by atoms with Crippen LogP contribution in [0.2, 0.25) is 0 Å². The van der Waals surface area contributed by atoms with E-state index < -0.39 is 0 Å². The van der Waals surface area contributed by atoms with Crippen LogP contribution in [0.3, 0.4) is 0 Å². The largest absolute Gasteiger partial charge is 0.379 e. The maximum Gasteiger partial charge on any atom is 0.315 e. The normalized spacial score (nSPS) is 18.9. The Hall–Kier alpha value is -1.43. The van der Waals surface area contributed by atoms with E-state index >= 15 is 0 Å². The first-order valence-corrected chi connectivity index (χ1v) is 8.16. The van der Waals surface area contributed by atoms with E-state index in [9.17, 15) is 10.1 Å². The summed E-state index contributed by atoms with van der Waals surface area (Å²) in [6, 6.07) is 5.88. The van der Waals surface area contributed by atoms with Crippen LogP contribution in [0.25, 0.3) is 0 Å². The molecule has 1 saturated heterocycles. The van der Waals surface area contributed by atoms with Gasteiger partial charge in [0.25, 0.3) is 0 Å². The molecule has 20 heavy (non-hydrogen) atoms. The molecule has 1 aliphatic heterocycles. The zero-order valence-electron chi connectivity index (χ0n) is 12.0. The van der Waals surface area contributed by atoms with Gasteiger partial charge in [-0.3, -0.25) is 10.1 Å². The van der Waals surface area contributed by atoms with E-state index in [-0.39, 0.29) is 10.6 Å². The first kappa shape index (κ1) is 15.0. The maximum atomic E-state index is 11.5. The molecule has 1 aromatic carbocycles. The fourth-order valence-corrected chi connectivity index (χ4v) is 3.46. The summed E-state index contributed by atoms with van der Waals surface area (Å²) in [5.41, 5.74) is 1.57. The average molecular weight is 295 g/mol. The molecule has 5 nitrogen and oxygen atoms in total. The zero-order valence-corrected chi connectivity index (χ0v) is 12.8. The summed E-state index contributed by atoms with van der Waals surface area (Å²) in [4.78, 5) is 13.4. The highest BCUT2D eigenvalue weighted by Gasteiger charge is 2.28. The summed E-state index contributed by atoms with van der Waals surface area (Å²) in [7, 11) is 0. The van der Waals surface area contributed by atoms with Crippen molar-refractivity contribution in [3.63, 3.8) is 0 Å². The first-order chi connectivity index (χ1) is 9.65. The van der Waals surface area contributed by atoms with Gasteiger partial charge in [0.05, 0.1) is 4.92 Å². The lowest BCUT2D eigenvalue weighted by atomic mass is 10.1. The van der Waals surface area contributed by atoms with Gasteiger partial charge in [-0.1, -0.05) is 13.0 Å². The molecule has 1 atom stereocenters. The predicted molar refractivity (Wildman–Crippen MR) is 86.0 cm³/mol. The summed E-state index contributed by atoms with van der Waals surface area (Å²) < 4.78 is 0. The zero-order chi connectivity index (χ0) is 14.5. The lowest BCUT2D eigenvalue weighted by molar-refractivity contribution is -0.383. The lowest BCUT2D eigenvalue weighted by Crippen LogP contribution is -2.40. The molecule has 0 aromatic heterocycles. The molecular formula is C14H21N3O2S. The van der Waals surface area contributed by atoms with Crippen LogP contribution in [-0.2, 0) is 0 Å². The van der Waals surface area contributed by atoms with E-state index in [1.807, 2.05) is 30.8 Å². The first-order valence-electron chi connectivity index (χ1n) is 7.00. The second-order valence-electron chi connectivity index (χ2n) is 4.97. The third-order valence-electron chi connectivity index (χ3n) is 3.44. The minimum absolute atomic E-state index is 0.208. The number of rotatable bonds is 5.